The molecule has 1 heterocycles. The number of sulfonamides is 1. The van der Waals surface area contributed by atoms with E-state index in [1.807, 2.05) is 6.92 Å². The topological polar surface area (TPSA) is 75.7 Å². The van der Waals surface area contributed by atoms with Gasteiger partial charge >= 0.3 is 6.61 Å². The highest BCUT2D eigenvalue weighted by atomic mass is 32.2. The van der Waals surface area contributed by atoms with Crippen molar-refractivity contribution in [2.75, 3.05) is 18.4 Å². The van der Waals surface area contributed by atoms with E-state index in [1.54, 1.807) is 0 Å². The van der Waals surface area contributed by atoms with E-state index in [0.29, 0.717) is 24.7 Å². The summed E-state index contributed by atoms with van der Waals surface area (Å²) in [7, 11) is -3.56. The summed E-state index contributed by atoms with van der Waals surface area (Å²) in [5, 5.41) is 2.65. The fourth-order valence-corrected chi connectivity index (χ4v) is 4.81. The number of ether oxygens (including phenoxy) is 1. The van der Waals surface area contributed by atoms with E-state index < -0.39 is 22.5 Å². The monoisotopic (exact) mass is 424 g/mol. The van der Waals surface area contributed by atoms with E-state index in [9.17, 15) is 22.0 Å². The van der Waals surface area contributed by atoms with Crippen LogP contribution in [-0.4, -0.2) is 38.3 Å². The maximum absolute atomic E-state index is 12.8. The molecule has 0 spiro atoms. The average Bonchev–Trinajstić information content (AvgIpc) is 2.68. The lowest BCUT2D eigenvalue weighted by Crippen LogP contribution is -2.39. The Morgan fingerprint density at radius 1 is 1.14 bits per heavy atom. The molecule has 0 bridgehead atoms. The molecule has 1 fully saturated rings. The van der Waals surface area contributed by atoms with E-state index in [1.165, 1.54) is 52.8 Å². The minimum Gasteiger partial charge on any atom is -0.435 e. The fourth-order valence-electron chi connectivity index (χ4n) is 3.21. The molecule has 2 aromatic carbocycles. The first kappa shape index (κ1) is 21.2. The lowest BCUT2D eigenvalue weighted by Gasteiger charge is -2.30. The lowest BCUT2D eigenvalue weighted by molar-refractivity contribution is -0.0498. The maximum Gasteiger partial charge on any atom is 0.387 e. The number of nitrogens with one attached hydrogen (secondary N) is 1. The molecule has 1 saturated heterocycles. The van der Waals surface area contributed by atoms with Crippen LogP contribution in [0.25, 0.3) is 0 Å². The summed E-state index contributed by atoms with van der Waals surface area (Å²) in [6.45, 7) is 0.118. The van der Waals surface area contributed by atoms with Gasteiger partial charge in [0.1, 0.15) is 5.75 Å². The van der Waals surface area contributed by atoms with Gasteiger partial charge in [0.25, 0.3) is 5.91 Å². The third kappa shape index (κ3) is 5.30. The molecule has 1 aliphatic heterocycles. The Labute approximate surface area is 168 Å². The molecule has 29 heavy (non-hydrogen) atoms. The van der Waals surface area contributed by atoms with Gasteiger partial charge in [-0.1, -0.05) is 6.92 Å². The Kier molecular flexibility index (Phi) is 6.49. The highest BCUT2D eigenvalue weighted by Gasteiger charge is 2.28. The third-order valence-corrected chi connectivity index (χ3v) is 6.59. The largest absolute Gasteiger partial charge is 0.435 e. The molecule has 0 aromatic heterocycles. The Hall–Kier alpha value is -2.52. The predicted molar refractivity (Wildman–Crippen MR) is 105 cm³/mol. The van der Waals surface area contributed by atoms with Crippen LogP contribution in [-0.2, 0) is 10.0 Å². The predicted octanol–water partition coefficient (Wildman–Crippen LogP) is 3.96. The average molecular weight is 424 g/mol. The Morgan fingerprint density at radius 3 is 2.38 bits per heavy atom. The van der Waals surface area contributed by atoms with Crippen LogP contribution in [0.4, 0.5) is 14.5 Å². The van der Waals surface area contributed by atoms with Crippen molar-refractivity contribution in [3.05, 3.63) is 54.1 Å². The molecule has 1 atom stereocenters. The molecule has 1 amide bonds. The highest BCUT2D eigenvalue weighted by molar-refractivity contribution is 7.89. The van der Waals surface area contributed by atoms with Crippen molar-refractivity contribution < 1.29 is 26.7 Å². The number of alkyl halides is 2. The minimum atomic E-state index is -3.56. The summed E-state index contributed by atoms with van der Waals surface area (Å²) in [4.78, 5) is 12.5. The summed E-state index contributed by atoms with van der Waals surface area (Å²) < 4.78 is 55.6. The van der Waals surface area contributed by atoms with E-state index >= 15 is 0 Å². The van der Waals surface area contributed by atoms with Gasteiger partial charge in [0.05, 0.1) is 4.90 Å². The van der Waals surface area contributed by atoms with Crippen LogP contribution in [0, 0.1) is 5.92 Å². The zero-order valence-corrected chi connectivity index (χ0v) is 16.7. The summed E-state index contributed by atoms with van der Waals surface area (Å²) in [6, 6.07) is 11.2. The lowest BCUT2D eigenvalue weighted by atomic mass is 10.0. The van der Waals surface area contributed by atoms with Crippen LogP contribution in [0.15, 0.2) is 53.4 Å². The van der Waals surface area contributed by atoms with E-state index in [-0.39, 0.29) is 16.2 Å². The van der Waals surface area contributed by atoms with Gasteiger partial charge in [-0.15, -0.1) is 0 Å². The minimum absolute atomic E-state index is 0.0434. The van der Waals surface area contributed by atoms with Gasteiger partial charge in [0.2, 0.25) is 10.0 Å². The second-order valence-corrected chi connectivity index (χ2v) is 8.93. The van der Waals surface area contributed by atoms with Crippen LogP contribution in [0.3, 0.4) is 0 Å². The van der Waals surface area contributed by atoms with Gasteiger partial charge in [-0.05, 0) is 67.3 Å². The van der Waals surface area contributed by atoms with Crippen LogP contribution in [0.5, 0.6) is 5.75 Å². The molecule has 9 heteroatoms. The first-order chi connectivity index (χ1) is 13.8. The number of anilines is 1. The number of benzene rings is 2. The number of rotatable bonds is 6. The molecular weight excluding hydrogens is 402 g/mol. The van der Waals surface area contributed by atoms with Crippen LogP contribution >= 0.6 is 0 Å². The van der Waals surface area contributed by atoms with Crippen LogP contribution in [0.2, 0.25) is 0 Å². The van der Waals surface area contributed by atoms with Gasteiger partial charge in [-0.25, -0.2) is 8.42 Å². The van der Waals surface area contributed by atoms with Gasteiger partial charge in [0, 0.05) is 24.3 Å². The van der Waals surface area contributed by atoms with Crippen molar-refractivity contribution in [3.63, 3.8) is 0 Å². The zero-order chi connectivity index (χ0) is 21.0. The van der Waals surface area contributed by atoms with E-state index in [4.69, 9.17) is 0 Å². The maximum atomic E-state index is 12.8. The van der Waals surface area contributed by atoms with Crippen molar-refractivity contribution >= 4 is 21.6 Å². The molecule has 3 rings (SSSR count). The molecular formula is C20H22F2N2O4S. The highest BCUT2D eigenvalue weighted by Crippen LogP contribution is 2.24. The smallest absolute Gasteiger partial charge is 0.387 e. The SMILES string of the molecule is CC1CCCN(S(=O)(=O)c2ccc(NC(=O)c3ccc(OC(F)F)cc3)cc2)C1. The number of hydrogen-bond donors (Lipinski definition) is 1. The van der Waals surface area contributed by atoms with Crippen LogP contribution < -0.4 is 10.1 Å². The number of hydrogen-bond acceptors (Lipinski definition) is 4. The van der Waals surface area contributed by atoms with Crippen LogP contribution in [0.1, 0.15) is 30.1 Å². The van der Waals surface area contributed by atoms with Crippen molar-refractivity contribution in [1.82, 2.24) is 4.31 Å². The molecule has 0 saturated carbocycles. The van der Waals surface area contributed by atoms with Crippen molar-refractivity contribution in [2.45, 2.75) is 31.3 Å². The quantitative estimate of drug-likeness (QED) is 0.762. The summed E-state index contributed by atoms with van der Waals surface area (Å²) in [6.07, 6.45) is 1.86. The number of nitrogens with zero attached hydrogens (tertiary/aromatic N) is 1. The Morgan fingerprint density at radius 2 is 1.79 bits per heavy atom. The molecule has 156 valence electrons. The summed E-state index contributed by atoms with van der Waals surface area (Å²) >= 11 is 0. The van der Waals surface area contributed by atoms with Gasteiger partial charge in [-0.3, -0.25) is 4.79 Å². The number of carbonyl (C=O) groups excluding carboxylic acids is 1. The third-order valence-electron chi connectivity index (χ3n) is 4.71. The second-order valence-electron chi connectivity index (χ2n) is 6.99. The molecule has 0 radical (unpaired) electrons. The first-order valence-electron chi connectivity index (χ1n) is 9.22. The van der Waals surface area contributed by atoms with Crippen molar-refractivity contribution in [1.29, 1.82) is 0 Å². The Balaban J connectivity index is 1.66. The molecule has 2 aromatic rings. The molecule has 6 nitrogen and oxygen atoms in total. The van der Waals surface area contributed by atoms with E-state index in [2.05, 4.69) is 10.1 Å². The number of amides is 1. The van der Waals surface area contributed by atoms with E-state index in [0.717, 1.165) is 12.8 Å². The zero-order valence-electron chi connectivity index (χ0n) is 15.8. The van der Waals surface area contributed by atoms with Crippen molar-refractivity contribution in [2.24, 2.45) is 5.92 Å². The standard InChI is InChI=1S/C20H22F2N2O4S/c1-14-3-2-12-24(13-14)29(26,27)18-10-6-16(7-11-18)23-19(25)15-4-8-17(9-5-15)28-20(21)22/h4-11,14,20H,2-3,12-13H2,1H3,(H,23,25). The second kappa shape index (κ2) is 8.87. The summed E-state index contributed by atoms with van der Waals surface area (Å²) in [5.41, 5.74) is 0.680. The van der Waals surface area contributed by atoms with Crippen molar-refractivity contribution in [3.8, 4) is 5.75 Å². The summed E-state index contributed by atoms with van der Waals surface area (Å²) in [5.74, 6) is -0.165. The van der Waals surface area contributed by atoms with Gasteiger partial charge < -0.3 is 10.1 Å². The number of piperidine rings is 1. The van der Waals surface area contributed by atoms with Gasteiger partial charge in [0.15, 0.2) is 0 Å². The fraction of sp³-hybridized carbons (Fsp3) is 0.350. The molecule has 1 unspecified atom stereocenters. The number of carbonyl (C=O) groups is 1. The molecule has 0 aliphatic carbocycles. The molecule has 1 aliphatic rings. The normalized spacial score (nSPS) is 17.9. The van der Waals surface area contributed by atoms with Gasteiger partial charge in [-0.2, -0.15) is 13.1 Å². The Bertz CT molecular complexity index is 947. The first-order valence-corrected chi connectivity index (χ1v) is 10.7. The molecule has 1 N–H and O–H groups in total. The number of halogens is 2.